The van der Waals surface area contributed by atoms with Crippen molar-refractivity contribution in [3.8, 4) is 0 Å². The number of hydrogen-bond donors (Lipinski definition) is 0. The molecule has 24 heavy (non-hydrogen) atoms. The third kappa shape index (κ3) is 3.33. The molecule has 0 atom stereocenters. The molecule has 1 heterocycles. The number of nitrogens with zero attached hydrogens (tertiary/aromatic N) is 2. The molecule has 2 aromatic carbocycles. The Kier molecular flexibility index (Phi) is 4.40. The molecule has 0 N–H and O–H groups in total. The fourth-order valence-electron chi connectivity index (χ4n) is 2.38. The van der Waals surface area contributed by atoms with Gasteiger partial charge in [0.05, 0.1) is 22.8 Å². The molecule has 0 amide bonds. The van der Waals surface area contributed by atoms with Crippen molar-refractivity contribution in [2.75, 3.05) is 4.31 Å². The van der Waals surface area contributed by atoms with Crippen molar-refractivity contribution in [1.82, 2.24) is 5.16 Å². The van der Waals surface area contributed by atoms with Crippen molar-refractivity contribution >= 4 is 15.7 Å². The monoisotopic (exact) mass is 342 g/mol. The Hall–Kier alpha value is -2.60. The van der Waals surface area contributed by atoms with Gasteiger partial charge in [0, 0.05) is 6.07 Å². The van der Waals surface area contributed by atoms with Crippen LogP contribution in [0.5, 0.6) is 0 Å². The van der Waals surface area contributed by atoms with E-state index in [1.165, 1.54) is 4.31 Å². The maximum atomic E-state index is 13.1. The van der Waals surface area contributed by atoms with Gasteiger partial charge in [-0.25, -0.2) is 8.42 Å². The minimum atomic E-state index is -3.71. The predicted octanol–water partition coefficient (Wildman–Crippen LogP) is 3.69. The molecule has 5 nitrogen and oxygen atoms in total. The molecular formula is C18H18N2O3S. The first kappa shape index (κ1) is 16.3. The molecule has 0 spiro atoms. The van der Waals surface area contributed by atoms with Crippen LogP contribution >= 0.6 is 0 Å². The lowest BCUT2D eigenvalue weighted by Gasteiger charge is -2.23. The van der Waals surface area contributed by atoms with Crippen LogP contribution < -0.4 is 4.31 Å². The normalized spacial score (nSPS) is 11.4. The second kappa shape index (κ2) is 6.49. The maximum absolute atomic E-state index is 13.1. The van der Waals surface area contributed by atoms with Gasteiger partial charge in [0.25, 0.3) is 10.0 Å². The SMILES string of the molecule is Cc1ccc(N(Cc2cc(C)no2)S(=O)(=O)c2ccccc2)cc1. The van der Waals surface area contributed by atoms with Crippen molar-refractivity contribution < 1.29 is 12.9 Å². The third-order valence-corrected chi connectivity index (χ3v) is 5.42. The van der Waals surface area contributed by atoms with Crippen LogP contribution in [0, 0.1) is 13.8 Å². The summed E-state index contributed by atoms with van der Waals surface area (Å²) >= 11 is 0. The lowest BCUT2D eigenvalue weighted by Crippen LogP contribution is -2.30. The largest absolute Gasteiger partial charge is 0.359 e. The van der Waals surface area contributed by atoms with Crippen LogP contribution in [-0.4, -0.2) is 13.6 Å². The zero-order valence-electron chi connectivity index (χ0n) is 13.5. The van der Waals surface area contributed by atoms with Gasteiger partial charge in [0.2, 0.25) is 0 Å². The Morgan fingerprint density at radius 3 is 2.25 bits per heavy atom. The highest BCUT2D eigenvalue weighted by atomic mass is 32.2. The zero-order valence-corrected chi connectivity index (χ0v) is 14.3. The summed E-state index contributed by atoms with van der Waals surface area (Å²) in [5.41, 5.74) is 2.36. The quantitative estimate of drug-likeness (QED) is 0.709. The number of aromatic nitrogens is 1. The molecule has 1 aromatic heterocycles. The van der Waals surface area contributed by atoms with E-state index in [0.29, 0.717) is 17.1 Å². The molecule has 0 unspecified atom stereocenters. The Morgan fingerprint density at radius 2 is 1.67 bits per heavy atom. The van der Waals surface area contributed by atoms with Gasteiger partial charge in [-0.3, -0.25) is 4.31 Å². The topological polar surface area (TPSA) is 63.4 Å². The first-order chi connectivity index (χ1) is 11.5. The number of anilines is 1. The van der Waals surface area contributed by atoms with Gasteiger partial charge in [-0.2, -0.15) is 0 Å². The molecule has 0 saturated heterocycles. The zero-order chi connectivity index (χ0) is 17.2. The summed E-state index contributed by atoms with van der Waals surface area (Å²) in [5.74, 6) is 0.493. The molecule has 0 aliphatic carbocycles. The van der Waals surface area contributed by atoms with Crippen LogP contribution in [0.15, 0.2) is 70.1 Å². The summed E-state index contributed by atoms with van der Waals surface area (Å²) in [7, 11) is -3.71. The summed E-state index contributed by atoms with van der Waals surface area (Å²) in [6.45, 7) is 3.84. The van der Waals surface area contributed by atoms with E-state index in [4.69, 9.17) is 4.52 Å². The van der Waals surface area contributed by atoms with E-state index in [-0.39, 0.29) is 11.4 Å². The minimum Gasteiger partial charge on any atom is -0.359 e. The predicted molar refractivity (Wildman–Crippen MR) is 92.2 cm³/mol. The van der Waals surface area contributed by atoms with Crippen LogP contribution in [-0.2, 0) is 16.6 Å². The fourth-order valence-corrected chi connectivity index (χ4v) is 3.83. The van der Waals surface area contributed by atoms with Gasteiger partial charge >= 0.3 is 0 Å². The molecular weight excluding hydrogens is 324 g/mol. The number of hydrogen-bond acceptors (Lipinski definition) is 4. The van der Waals surface area contributed by atoms with Crippen LogP contribution in [0.1, 0.15) is 17.0 Å². The highest BCUT2D eigenvalue weighted by Crippen LogP contribution is 2.26. The van der Waals surface area contributed by atoms with Crippen LogP contribution in [0.3, 0.4) is 0 Å². The van der Waals surface area contributed by atoms with Crippen molar-refractivity contribution in [2.24, 2.45) is 0 Å². The fraction of sp³-hybridized carbons (Fsp3) is 0.167. The summed E-state index contributed by atoms with van der Waals surface area (Å²) in [6.07, 6.45) is 0. The van der Waals surface area contributed by atoms with Crippen molar-refractivity contribution in [2.45, 2.75) is 25.3 Å². The third-order valence-electron chi connectivity index (χ3n) is 3.63. The van der Waals surface area contributed by atoms with E-state index >= 15 is 0 Å². The Labute approximate surface area is 141 Å². The minimum absolute atomic E-state index is 0.0845. The van der Waals surface area contributed by atoms with E-state index < -0.39 is 10.0 Å². The van der Waals surface area contributed by atoms with Crippen LogP contribution in [0.25, 0.3) is 0 Å². The van der Waals surface area contributed by atoms with E-state index in [9.17, 15) is 8.42 Å². The summed E-state index contributed by atoms with van der Waals surface area (Å²) in [6, 6.07) is 17.5. The number of rotatable bonds is 5. The molecule has 0 aliphatic heterocycles. The number of sulfonamides is 1. The first-order valence-electron chi connectivity index (χ1n) is 7.53. The molecule has 0 aliphatic rings. The van der Waals surface area contributed by atoms with E-state index in [2.05, 4.69) is 5.16 Å². The van der Waals surface area contributed by atoms with Crippen LogP contribution in [0.2, 0.25) is 0 Å². The second-order valence-corrected chi connectivity index (χ2v) is 7.46. The molecule has 0 saturated carbocycles. The molecule has 124 valence electrons. The summed E-state index contributed by atoms with van der Waals surface area (Å²) in [4.78, 5) is 0.238. The van der Waals surface area contributed by atoms with Crippen LogP contribution in [0.4, 0.5) is 5.69 Å². The van der Waals surface area contributed by atoms with Gasteiger partial charge in [-0.1, -0.05) is 41.1 Å². The summed E-state index contributed by atoms with van der Waals surface area (Å²) < 4.78 is 32.7. The number of benzene rings is 2. The molecule has 0 bridgehead atoms. The lowest BCUT2D eigenvalue weighted by molar-refractivity contribution is 0.381. The standard InChI is InChI=1S/C18H18N2O3S/c1-14-8-10-16(11-9-14)20(13-17-12-15(2)19-23-17)24(21,22)18-6-4-3-5-7-18/h3-12H,13H2,1-2H3. The highest BCUT2D eigenvalue weighted by molar-refractivity contribution is 7.92. The Morgan fingerprint density at radius 1 is 1.00 bits per heavy atom. The van der Waals surface area contributed by atoms with Gasteiger partial charge in [0.1, 0.15) is 0 Å². The van der Waals surface area contributed by atoms with Crippen molar-refractivity contribution in [3.63, 3.8) is 0 Å². The number of aryl methyl sites for hydroxylation is 2. The van der Waals surface area contributed by atoms with Gasteiger partial charge < -0.3 is 4.52 Å². The smallest absolute Gasteiger partial charge is 0.264 e. The maximum Gasteiger partial charge on any atom is 0.264 e. The second-order valence-electron chi connectivity index (χ2n) is 5.59. The Bertz CT molecular complexity index is 916. The Balaban J connectivity index is 2.06. The lowest BCUT2D eigenvalue weighted by atomic mass is 10.2. The van der Waals surface area contributed by atoms with E-state index in [0.717, 1.165) is 5.56 Å². The molecule has 3 aromatic rings. The summed E-state index contributed by atoms with van der Waals surface area (Å²) in [5, 5.41) is 3.84. The van der Waals surface area contributed by atoms with E-state index in [1.807, 2.05) is 19.1 Å². The van der Waals surface area contributed by atoms with E-state index in [1.54, 1.807) is 55.5 Å². The first-order valence-corrected chi connectivity index (χ1v) is 8.97. The molecule has 0 fully saturated rings. The highest BCUT2D eigenvalue weighted by Gasteiger charge is 2.26. The molecule has 0 radical (unpaired) electrons. The van der Waals surface area contributed by atoms with Crippen molar-refractivity contribution in [1.29, 1.82) is 0 Å². The average molecular weight is 342 g/mol. The molecule has 6 heteroatoms. The van der Waals surface area contributed by atoms with Gasteiger partial charge in [0.15, 0.2) is 5.76 Å². The van der Waals surface area contributed by atoms with Gasteiger partial charge in [-0.05, 0) is 38.1 Å². The van der Waals surface area contributed by atoms with Gasteiger partial charge in [-0.15, -0.1) is 0 Å². The average Bonchev–Trinajstić information content (AvgIpc) is 2.99. The van der Waals surface area contributed by atoms with Crippen molar-refractivity contribution in [3.05, 3.63) is 77.7 Å². The molecule has 3 rings (SSSR count).